The maximum absolute atomic E-state index is 13.7. The number of hydrogen-bond donors (Lipinski definition) is 2. The molecule has 3 aromatic carbocycles. The second-order valence-corrected chi connectivity index (χ2v) is 7.83. The summed E-state index contributed by atoms with van der Waals surface area (Å²) in [6.07, 6.45) is 0. The van der Waals surface area contributed by atoms with E-state index in [1.165, 1.54) is 13.2 Å². The molecule has 170 valence electrons. The van der Waals surface area contributed by atoms with E-state index >= 15 is 0 Å². The highest BCUT2D eigenvalue weighted by molar-refractivity contribution is 6.07. The largest absolute Gasteiger partial charge is 0.495 e. The SMILES string of the molecule is COc1ccccc1NC(=O)C1=C(C)Nc2nc3ccccc3n2C1c1ccccc1[N+](=O)[O-]. The second-order valence-electron chi connectivity index (χ2n) is 7.83. The molecule has 0 fully saturated rings. The molecule has 2 N–H and O–H groups in total. The van der Waals surface area contributed by atoms with E-state index in [0.717, 1.165) is 5.52 Å². The number of methoxy groups -OCH3 is 1. The van der Waals surface area contributed by atoms with Gasteiger partial charge in [0.2, 0.25) is 5.95 Å². The summed E-state index contributed by atoms with van der Waals surface area (Å²) in [6, 6.07) is 20.3. The van der Waals surface area contributed by atoms with Gasteiger partial charge in [0.15, 0.2) is 0 Å². The van der Waals surface area contributed by atoms with Crippen LogP contribution in [0.3, 0.4) is 0 Å². The number of carbonyl (C=O) groups is 1. The zero-order valence-corrected chi connectivity index (χ0v) is 18.5. The second kappa shape index (κ2) is 8.36. The van der Waals surface area contributed by atoms with Crippen LogP contribution in [-0.2, 0) is 4.79 Å². The highest BCUT2D eigenvalue weighted by Gasteiger charge is 2.37. The molecule has 0 spiro atoms. The molecule has 0 saturated heterocycles. The Bertz CT molecular complexity index is 1470. The first-order valence-electron chi connectivity index (χ1n) is 10.6. The van der Waals surface area contributed by atoms with Crippen molar-refractivity contribution in [3.8, 4) is 5.75 Å². The van der Waals surface area contributed by atoms with E-state index < -0.39 is 16.9 Å². The molecular weight excluding hydrogens is 434 g/mol. The lowest BCUT2D eigenvalue weighted by Gasteiger charge is -2.30. The van der Waals surface area contributed by atoms with Crippen molar-refractivity contribution in [2.45, 2.75) is 13.0 Å². The first-order valence-corrected chi connectivity index (χ1v) is 10.6. The number of anilines is 2. The Labute approximate surface area is 194 Å². The van der Waals surface area contributed by atoms with Crippen molar-refractivity contribution >= 4 is 34.3 Å². The van der Waals surface area contributed by atoms with Gasteiger partial charge >= 0.3 is 0 Å². The number of rotatable bonds is 5. The number of para-hydroxylation sites is 5. The van der Waals surface area contributed by atoms with Gasteiger partial charge in [0.1, 0.15) is 11.8 Å². The number of nitrogens with zero attached hydrogens (tertiary/aromatic N) is 3. The van der Waals surface area contributed by atoms with Crippen LogP contribution in [0.5, 0.6) is 5.75 Å². The maximum atomic E-state index is 13.7. The number of imidazole rings is 1. The van der Waals surface area contributed by atoms with Crippen LogP contribution in [0.15, 0.2) is 84.1 Å². The molecule has 1 atom stereocenters. The van der Waals surface area contributed by atoms with Gasteiger partial charge < -0.3 is 15.4 Å². The van der Waals surface area contributed by atoms with E-state index in [1.807, 2.05) is 28.8 Å². The number of nitro benzene ring substituents is 1. The molecule has 2 heterocycles. The topological polar surface area (TPSA) is 111 Å². The Kier molecular flexibility index (Phi) is 5.21. The fourth-order valence-electron chi connectivity index (χ4n) is 4.37. The van der Waals surface area contributed by atoms with Gasteiger partial charge in [-0.15, -0.1) is 0 Å². The number of benzene rings is 3. The average Bonchev–Trinajstić information content (AvgIpc) is 3.21. The van der Waals surface area contributed by atoms with E-state index in [4.69, 9.17) is 4.74 Å². The van der Waals surface area contributed by atoms with Crippen molar-refractivity contribution in [2.24, 2.45) is 0 Å². The van der Waals surface area contributed by atoms with Gasteiger partial charge in [-0.25, -0.2) is 4.98 Å². The van der Waals surface area contributed by atoms with Crippen LogP contribution in [0.4, 0.5) is 17.3 Å². The highest BCUT2D eigenvalue weighted by atomic mass is 16.6. The Morgan fingerprint density at radius 2 is 1.79 bits per heavy atom. The van der Waals surface area contributed by atoms with Crippen LogP contribution in [0.2, 0.25) is 0 Å². The number of nitro groups is 1. The molecule has 1 unspecified atom stereocenters. The molecule has 1 aliphatic rings. The monoisotopic (exact) mass is 455 g/mol. The van der Waals surface area contributed by atoms with Gasteiger partial charge in [-0.05, 0) is 37.3 Å². The summed E-state index contributed by atoms with van der Waals surface area (Å²) in [5.41, 5.74) is 3.18. The zero-order chi connectivity index (χ0) is 23.8. The minimum Gasteiger partial charge on any atom is -0.495 e. The molecule has 34 heavy (non-hydrogen) atoms. The van der Waals surface area contributed by atoms with Crippen LogP contribution in [0.25, 0.3) is 11.0 Å². The van der Waals surface area contributed by atoms with E-state index in [0.29, 0.717) is 39.7 Å². The lowest BCUT2D eigenvalue weighted by Crippen LogP contribution is -2.31. The Morgan fingerprint density at radius 3 is 2.59 bits per heavy atom. The lowest BCUT2D eigenvalue weighted by atomic mass is 9.93. The standard InChI is InChI=1S/C25H21N5O4/c1-15-22(24(31)27-18-11-5-8-14-21(18)34-2)23(16-9-3-6-12-19(16)30(32)33)29-20-13-7-4-10-17(20)28-25(29)26-15/h3-14,23H,1-2H3,(H,26,28)(H,27,31). The minimum atomic E-state index is -0.778. The number of nitrogens with one attached hydrogen (secondary N) is 2. The van der Waals surface area contributed by atoms with Crippen molar-refractivity contribution < 1.29 is 14.5 Å². The van der Waals surface area contributed by atoms with Gasteiger partial charge in [-0.2, -0.15) is 0 Å². The third-order valence-electron chi connectivity index (χ3n) is 5.86. The van der Waals surface area contributed by atoms with E-state index in [2.05, 4.69) is 15.6 Å². The highest BCUT2D eigenvalue weighted by Crippen LogP contribution is 2.42. The van der Waals surface area contributed by atoms with Gasteiger partial charge in [0.25, 0.3) is 11.6 Å². The summed E-state index contributed by atoms with van der Waals surface area (Å²) in [7, 11) is 1.53. The molecule has 0 aliphatic carbocycles. The third kappa shape index (κ3) is 3.43. The van der Waals surface area contributed by atoms with E-state index in [1.54, 1.807) is 49.4 Å². The number of ether oxygens (including phenoxy) is 1. The summed E-state index contributed by atoms with van der Waals surface area (Å²) in [6.45, 7) is 1.77. The van der Waals surface area contributed by atoms with Crippen molar-refractivity contribution in [2.75, 3.05) is 17.7 Å². The first-order chi connectivity index (χ1) is 16.5. The van der Waals surface area contributed by atoms with E-state index in [9.17, 15) is 14.9 Å². The van der Waals surface area contributed by atoms with Crippen molar-refractivity contribution in [1.82, 2.24) is 9.55 Å². The lowest BCUT2D eigenvalue weighted by molar-refractivity contribution is -0.385. The average molecular weight is 455 g/mol. The van der Waals surface area contributed by atoms with Crippen molar-refractivity contribution in [3.63, 3.8) is 0 Å². The summed E-state index contributed by atoms with van der Waals surface area (Å²) < 4.78 is 7.21. The summed E-state index contributed by atoms with van der Waals surface area (Å²) in [4.78, 5) is 29.9. The fourth-order valence-corrected chi connectivity index (χ4v) is 4.37. The number of hydrogen-bond acceptors (Lipinski definition) is 6. The van der Waals surface area contributed by atoms with Gasteiger partial charge in [-0.3, -0.25) is 19.5 Å². The van der Waals surface area contributed by atoms with Gasteiger partial charge in [-0.1, -0.05) is 36.4 Å². The number of amides is 1. The number of carbonyl (C=O) groups excluding carboxylic acids is 1. The quantitative estimate of drug-likeness (QED) is 0.328. The van der Waals surface area contributed by atoms with Crippen LogP contribution < -0.4 is 15.4 Å². The van der Waals surface area contributed by atoms with Crippen molar-refractivity contribution in [1.29, 1.82) is 0 Å². The van der Waals surface area contributed by atoms with Gasteiger partial charge in [0.05, 0.1) is 39.9 Å². The molecule has 0 saturated carbocycles. The van der Waals surface area contributed by atoms with Crippen LogP contribution in [-0.4, -0.2) is 27.5 Å². The molecule has 1 aliphatic heterocycles. The molecule has 0 radical (unpaired) electrons. The number of fused-ring (bicyclic) bond motifs is 3. The van der Waals surface area contributed by atoms with Crippen LogP contribution in [0.1, 0.15) is 18.5 Å². The van der Waals surface area contributed by atoms with Gasteiger partial charge in [0, 0.05) is 11.8 Å². The summed E-state index contributed by atoms with van der Waals surface area (Å²) in [5, 5.41) is 18.1. The molecule has 1 aromatic heterocycles. The summed E-state index contributed by atoms with van der Waals surface area (Å²) in [5.74, 6) is 0.616. The molecule has 1 amide bonds. The van der Waals surface area contributed by atoms with Crippen molar-refractivity contribution in [3.05, 3.63) is 99.7 Å². The maximum Gasteiger partial charge on any atom is 0.275 e. The van der Waals surface area contributed by atoms with Crippen LogP contribution in [0, 0.1) is 10.1 Å². The molecule has 9 nitrogen and oxygen atoms in total. The van der Waals surface area contributed by atoms with Crippen LogP contribution >= 0.6 is 0 Å². The summed E-state index contributed by atoms with van der Waals surface area (Å²) >= 11 is 0. The number of allylic oxidation sites excluding steroid dienone is 1. The Balaban J connectivity index is 1.71. The molecule has 0 bridgehead atoms. The predicted octanol–water partition coefficient (Wildman–Crippen LogP) is 4.88. The molecule has 5 rings (SSSR count). The molecule has 4 aromatic rings. The smallest absolute Gasteiger partial charge is 0.275 e. The minimum absolute atomic E-state index is 0.0754. The predicted molar refractivity (Wildman–Crippen MR) is 129 cm³/mol. The normalized spacial score (nSPS) is 14.9. The van der Waals surface area contributed by atoms with E-state index in [-0.39, 0.29) is 5.69 Å². The number of aromatic nitrogens is 2. The Hall–Kier alpha value is -4.66. The molecular formula is C25H21N5O4. The third-order valence-corrected chi connectivity index (χ3v) is 5.86. The Morgan fingerprint density at radius 1 is 1.09 bits per heavy atom. The zero-order valence-electron chi connectivity index (χ0n) is 18.5. The molecule has 9 heteroatoms. The first kappa shape index (κ1) is 21.2. The fraction of sp³-hybridized carbons (Fsp3) is 0.120.